The predicted octanol–water partition coefficient (Wildman–Crippen LogP) is 11.8. The molecule has 8 aromatic rings. The Morgan fingerprint density at radius 1 is 0.562 bits per heavy atom. The number of para-hydroxylation sites is 2. The highest BCUT2D eigenvalue weighted by atomic mass is 79.9. The lowest BCUT2D eigenvalue weighted by Gasteiger charge is -2.13. The third-order valence-electron chi connectivity index (χ3n) is 8.53. The van der Waals surface area contributed by atoms with Gasteiger partial charge in [-0.05, 0) is 96.4 Å². The summed E-state index contributed by atoms with van der Waals surface area (Å²) in [6.07, 6.45) is 1.96. The summed E-state index contributed by atoms with van der Waals surface area (Å²) in [5.41, 5.74) is 14.4. The van der Waals surface area contributed by atoms with E-state index in [0.717, 1.165) is 83.2 Å². The number of nitrogens with two attached hydrogens (primary N) is 1. The van der Waals surface area contributed by atoms with Crippen molar-refractivity contribution in [1.82, 2.24) is 9.55 Å². The number of anilines is 1. The SMILES string of the molecule is Cc1cc(-n2c3ccccc3c3ccc(Oc4cccc(Br)c4)cc32)ncc1-c1ccc(Oc2ccc(-c3ccccc3N)cc2)cc1. The molecule has 0 amide bonds. The summed E-state index contributed by atoms with van der Waals surface area (Å²) >= 11 is 3.54. The summed E-state index contributed by atoms with van der Waals surface area (Å²) in [4.78, 5) is 4.99. The molecule has 0 saturated carbocycles. The Bertz CT molecular complexity index is 2430. The molecule has 232 valence electrons. The van der Waals surface area contributed by atoms with Crippen molar-refractivity contribution in [3.63, 3.8) is 0 Å². The maximum Gasteiger partial charge on any atom is 0.137 e. The highest BCUT2D eigenvalue weighted by molar-refractivity contribution is 9.10. The third kappa shape index (κ3) is 5.67. The molecule has 0 atom stereocenters. The van der Waals surface area contributed by atoms with Gasteiger partial charge in [-0.2, -0.15) is 0 Å². The number of halogens is 1. The van der Waals surface area contributed by atoms with Gasteiger partial charge in [-0.1, -0.05) is 82.7 Å². The van der Waals surface area contributed by atoms with E-state index in [1.54, 1.807) is 0 Å². The van der Waals surface area contributed by atoms with Gasteiger partial charge in [0.15, 0.2) is 0 Å². The van der Waals surface area contributed by atoms with Gasteiger partial charge >= 0.3 is 0 Å². The van der Waals surface area contributed by atoms with Crippen molar-refractivity contribution >= 4 is 43.4 Å². The molecule has 2 N–H and O–H groups in total. The van der Waals surface area contributed by atoms with Crippen LogP contribution in [0, 0.1) is 6.92 Å². The first-order valence-corrected chi connectivity index (χ1v) is 16.5. The number of nitrogen functional groups attached to an aromatic ring is 1. The van der Waals surface area contributed by atoms with Gasteiger partial charge in [0.1, 0.15) is 28.8 Å². The van der Waals surface area contributed by atoms with Gasteiger partial charge in [0, 0.05) is 44.3 Å². The molecule has 0 spiro atoms. The second-order valence-electron chi connectivity index (χ2n) is 11.7. The molecule has 0 fully saturated rings. The molecule has 0 bridgehead atoms. The topological polar surface area (TPSA) is 62.3 Å². The summed E-state index contributed by atoms with van der Waals surface area (Å²) in [7, 11) is 0. The maximum absolute atomic E-state index is 6.25. The molecule has 0 aliphatic heterocycles. The number of hydrogen-bond donors (Lipinski definition) is 1. The molecular formula is C42H30BrN3O2. The number of ether oxygens (including phenoxy) is 2. The summed E-state index contributed by atoms with van der Waals surface area (Å²) < 4.78 is 15.6. The Morgan fingerprint density at radius 2 is 1.19 bits per heavy atom. The van der Waals surface area contributed by atoms with Gasteiger partial charge < -0.3 is 15.2 Å². The van der Waals surface area contributed by atoms with Gasteiger partial charge in [-0.25, -0.2) is 4.98 Å². The number of aryl methyl sites for hydroxylation is 1. The van der Waals surface area contributed by atoms with Crippen LogP contribution in [0.4, 0.5) is 5.69 Å². The van der Waals surface area contributed by atoms with Crippen LogP contribution >= 0.6 is 15.9 Å². The molecule has 2 aromatic heterocycles. The lowest BCUT2D eigenvalue weighted by molar-refractivity contribution is 0.482. The third-order valence-corrected chi connectivity index (χ3v) is 9.02. The van der Waals surface area contributed by atoms with Gasteiger partial charge in [0.05, 0.1) is 11.0 Å². The van der Waals surface area contributed by atoms with Crippen LogP contribution in [0.15, 0.2) is 156 Å². The van der Waals surface area contributed by atoms with Crippen molar-refractivity contribution in [2.75, 3.05) is 5.73 Å². The van der Waals surface area contributed by atoms with Crippen LogP contribution in [0.5, 0.6) is 23.0 Å². The fourth-order valence-electron chi connectivity index (χ4n) is 6.19. The van der Waals surface area contributed by atoms with Crippen LogP contribution in [0.1, 0.15) is 5.56 Å². The first-order chi connectivity index (χ1) is 23.5. The Balaban J connectivity index is 1.07. The number of benzene rings is 6. The average Bonchev–Trinajstić information content (AvgIpc) is 3.43. The minimum Gasteiger partial charge on any atom is -0.457 e. The molecule has 0 radical (unpaired) electrons. The van der Waals surface area contributed by atoms with Crippen LogP contribution < -0.4 is 15.2 Å². The zero-order valence-corrected chi connectivity index (χ0v) is 27.7. The largest absolute Gasteiger partial charge is 0.457 e. The summed E-state index contributed by atoms with van der Waals surface area (Å²) in [6, 6.07) is 48.6. The van der Waals surface area contributed by atoms with Crippen molar-refractivity contribution in [1.29, 1.82) is 0 Å². The Labute approximate surface area is 287 Å². The molecule has 0 unspecified atom stereocenters. The minimum atomic E-state index is 0.755. The Kier molecular flexibility index (Phi) is 7.63. The summed E-state index contributed by atoms with van der Waals surface area (Å²) in [6.45, 7) is 2.13. The quantitative estimate of drug-likeness (QED) is 0.169. The van der Waals surface area contributed by atoms with Crippen LogP contribution in [-0.2, 0) is 0 Å². The number of aromatic nitrogens is 2. The summed E-state index contributed by atoms with van der Waals surface area (Å²) in [5.74, 6) is 3.91. The van der Waals surface area contributed by atoms with Crippen LogP contribution in [-0.4, -0.2) is 9.55 Å². The van der Waals surface area contributed by atoms with E-state index in [2.05, 4.69) is 82.0 Å². The zero-order chi connectivity index (χ0) is 32.6. The van der Waals surface area contributed by atoms with Crippen molar-refractivity contribution in [3.8, 4) is 51.1 Å². The van der Waals surface area contributed by atoms with E-state index < -0.39 is 0 Å². The normalized spacial score (nSPS) is 11.2. The highest BCUT2D eigenvalue weighted by Crippen LogP contribution is 2.37. The zero-order valence-electron chi connectivity index (χ0n) is 26.1. The average molecular weight is 689 g/mol. The summed E-state index contributed by atoms with van der Waals surface area (Å²) in [5, 5.41) is 2.31. The van der Waals surface area contributed by atoms with Gasteiger partial charge in [-0.15, -0.1) is 0 Å². The standard InChI is InChI=1S/C42H30BrN3O2/c1-27-23-42(46-40-12-5-3-10-36(40)37-22-21-34(25-41(37)46)48-33-8-6-7-30(43)24-33)45-26-38(27)29-15-19-32(20-16-29)47-31-17-13-28(14-18-31)35-9-2-4-11-39(35)44/h2-26H,44H2,1H3. The second-order valence-corrected chi connectivity index (χ2v) is 12.6. The number of rotatable bonds is 7. The Morgan fingerprint density at radius 3 is 1.92 bits per heavy atom. The van der Waals surface area contributed by atoms with E-state index in [-0.39, 0.29) is 0 Å². The van der Waals surface area contributed by atoms with Crippen LogP contribution in [0.3, 0.4) is 0 Å². The van der Waals surface area contributed by atoms with Crippen LogP contribution in [0.25, 0.3) is 49.9 Å². The lowest BCUT2D eigenvalue weighted by atomic mass is 10.0. The van der Waals surface area contributed by atoms with E-state index in [4.69, 9.17) is 20.2 Å². The highest BCUT2D eigenvalue weighted by Gasteiger charge is 2.16. The number of hydrogen-bond acceptors (Lipinski definition) is 4. The first kappa shape index (κ1) is 29.5. The molecule has 8 rings (SSSR count). The second kappa shape index (κ2) is 12.4. The molecule has 5 nitrogen and oxygen atoms in total. The molecule has 6 aromatic carbocycles. The van der Waals surface area contributed by atoms with E-state index in [0.29, 0.717) is 0 Å². The van der Waals surface area contributed by atoms with Crippen LogP contribution in [0.2, 0.25) is 0 Å². The van der Waals surface area contributed by atoms with Gasteiger partial charge in [0.2, 0.25) is 0 Å². The van der Waals surface area contributed by atoms with E-state index >= 15 is 0 Å². The van der Waals surface area contributed by atoms with Gasteiger partial charge in [0.25, 0.3) is 0 Å². The molecule has 0 aliphatic carbocycles. The number of fused-ring (bicyclic) bond motifs is 3. The molecule has 0 aliphatic rings. The van der Waals surface area contributed by atoms with E-state index in [1.807, 2.05) is 97.2 Å². The van der Waals surface area contributed by atoms with Gasteiger partial charge in [-0.3, -0.25) is 4.57 Å². The molecule has 6 heteroatoms. The van der Waals surface area contributed by atoms with Crippen molar-refractivity contribution in [2.45, 2.75) is 6.92 Å². The monoisotopic (exact) mass is 687 g/mol. The minimum absolute atomic E-state index is 0.755. The fourth-order valence-corrected chi connectivity index (χ4v) is 6.57. The van der Waals surface area contributed by atoms with Crippen molar-refractivity contribution in [2.24, 2.45) is 0 Å². The maximum atomic E-state index is 6.25. The smallest absolute Gasteiger partial charge is 0.137 e. The molecule has 0 saturated heterocycles. The first-order valence-electron chi connectivity index (χ1n) is 15.7. The molecule has 2 heterocycles. The number of nitrogens with zero attached hydrogens (tertiary/aromatic N) is 2. The van der Waals surface area contributed by atoms with E-state index in [1.165, 1.54) is 5.39 Å². The lowest BCUT2D eigenvalue weighted by Crippen LogP contribution is -1.99. The predicted molar refractivity (Wildman–Crippen MR) is 199 cm³/mol. The van der Waals surface area contributed by atoms with Crippen molar-refractivity contribution < 1.29 is 9.47 Å². The number of pyridine rings is 1. The van der Waals surface area contributed by atoms with E-state index in [9.17, 15) is 0 Å². The van der Waals surface area contributed by atoms with Crippen molar-refractivity contribution in [3.05, 3.63) is 162 Å². The Hall–Kier alpha value is -5.85. The molecule has 48 heavy (non-hydrogen) atoms. The molecular weight excluding hydrogens is 658 g/mol. The fraction of sp³-hybridized carbons (Fsp3) is 0.0238.